The minimum Gasteiger partial charge on any atom is -0.361 e. The second-order valence-corrected chi connectivity index (χ2v) is 4.25. The lowest BCUT2D eigenvalue weighted by atomic mass is 10.2. The number of nitrogens with one attached hydrogen (secondary N) is 1. The van der Waals surface area contributed by atoms with E-state index in [0.717, 1.165) is 12.8 Å². The van der Waals surface area contributed by atoms with Gasteiger partial charge in [0.15, 0.2) is 0 Å². The highest BCUT2D eigenvalue weighted by Crippen LogP contribution is 2.29. The molecule has 0 saturated carbocycles. The SMILES string of the molecule is CCCn1nc(C)c([N+](=O)[O-])c1NC(CC)CN. The lowest BCUT2D eigenvalue weighted by Gasteiger charge is -2.16. The number of nitro groups is 1. The van der Waals surface area contributed by atoms with E-state index < -0.39 is 0 Å². The average molecular weight is 255 g/mol. The van der Waals surface area contributed by atoms with Crippen molar-refractivity contribution in [2.75, 3.05) is 11.9 Å². The molecule has 0 aromatic carbocycles. The number of aromatic nitrogens is 2. The first-order valence-corrected chi connectivity index (χ1v) is 6.23. The minimum absolute atomic E-state index is 0.0235. The zero-order valence-electron chi connectivity index (χ0n) is 11.1. The fourth-order valence-corrected chi connectivity index (χ4v) is 1.83. The largest absolute Gasteiger partial charge is 0.361 e. The fourth-order valence-electron chi connectivity index (χ4n) is 1.83. The molecular weight excluding hydrogens is 234 g/mol. The maximum Gasteiger partial charge on any atom is 0.333 e. The number of nitrogens with zero attached hydrogens (tertiary/aromatic N) is 3. The van der Waals surface area contributed by atoms with Crippen LogP contribution >= 0.6 is 0 Å². The van der Waals surface area contributed by atoms with Crippen LogP contribution in [0.1, 0.15) is 32.4 Å². The number of hydrogen-bond donors (Lipinski definition) is 2. The molecule has 0 spiro atoms. The number of anilines is 1. The second kappa shape index (κ2) is 6.34. The van der Waals surface area contributed by atoms with E-state index in [1.807, 2.05) is 13.8 Å². The summed E-state index contributed by atoms with van der Waals surface area (Å²) in [5.41, 5.74) is 6.11. The smallest absolute Gasteiger partial charge is 0.333 e. The highest BCUT2D eigenvalue weighted by atomic mass is 16.6. The Labute approximate surface area is 107 Å². The van der Waals surface area contributed by atoms with E-state index in [-0.39, 0.29) is 16.7 Å². The zero-order valence-corrected chi connectivity index (χ0v) is 11.1. The van der Waals surface area contributed by atoms with Gasteiger partial charge in [0.25, 0.3) is 0 Å². The van der Waals surface area contributed by atoms with E-state index in [2.05, 4.69) is 10.4 Å². The molecule has 1 aromatic rings. The molecule has 102 valence electrons. The third-order valence-electron chi connectivity index (χ3n) is 2.83. The van der Waals surface area contributed by atoms with Crippen molar-refractivity contribution in [3.8, 4) is 0 Å². The lowest BCUT2D eigenvalue weighted by Crippen LogP contribution is -2.29. The van der Waals surface area contributed by atoms with Gasteiger partial charge in [0.05, 0.1) is 4.92 Å². The van der Waals surface area contributed by atoms with Gasteiger partial charge in [0, 0.05) is 19.1 Å². The summed E-state index contributed by atoms with van der Waals surface area (Å²) in [4.78, 5) is 10.7. The predicted octanol–water partition coefficient (Wildman–Crippen LogP) is 1.66. The first-order chi connectivity index (χ1) is 8.54. The van der Waals surface area contributed by atoms with Crippen LogP contribution in [0.2, 0.25) is 0 Å². The van der Waals surface area contributed by atoms with Crippen LogP contribution in [0, 0.1) is 17.0 Å². The molecule has 0 saturated heterocycles. The van der Waals surface area contributed by atoms with Crippen molar-refractivity contribution in [2.45, 2.75) is 46.2 Å². The molecule has 1 unspecified atom stereocenters. The van der Waals surface area contributed by atoms with E-state index >= 15 is 0 Å². The molecule has 18 heavy (non-hydrogen) atoms. The molecule has 0 aliphatic carbocycles. The fraction of sp³-hybridized carbons (Fsp3) is 0.727. The van der Waals surface area contributed by atoms with Gasteiger partial charge in [0.1, 0.15) is 5.69 Å². The molecule has 3 N–H and O–H groups in total. The Bertz CT molecular complexity index is 412. The van der Waals surface area contributed by atoms with Crippen molar-refractivity contribution in [3.05, 3.63) is 15.8 Å². The molecule has 1 aromatic heterocycles. The lowest BCUT2D eigenvalue weighted by molar-refractivity contribution is -0.384. The van der Waals surface area contributed by atoms with E-state index in [1.54, 1.807) is 11.6 Å². The number of rotatable bonds is 7. The molecule has 0 radical (unpaired) electrons. The third-order valence-corrected chi connectivity index (χ3v) is 2.83. The summed E-state index contributed by atoms with van der Waals surface area (Å²) in [6.07, 6.45) is 1.68. The Hall–Kier alpha value is -1.63. The second-order valence-electron chi connectivity index (χ2n) is 4.25. The quantitative estimate of drug-likeness (QED) is 0.570. The standard InChI is InChI=1S/C11H21N5O2/c1-4-6-15-11(13-9(5-2)7-12)10(16(17)18)8(3)14-15/h9,13H,4-7,12H2,1-3H3. The molecule has 7 heteroatoms. The van der Waals surface area contributed by atoms with Crippen molar-refractivity contribution in [1.29, 1.82) is 0 Å². The van der Waals surface area contributed by atoms with Gasteiger partial charge in [-0.05, 0) is 19.8 Å². The van der Waals surface area contributed by atoms with Gasteiger partial charge in [-0.1, -0.05) is 13.8 Å². The van der Waals surface area contributed by atoms with Gasteiger partial charge in [-0.25, -0.2) is 4.68 Å². The molecule has 1 rings (SSSR count). The molecule has 0 aliphatic rings. The van der Waals surface area contributed by atoms with Crippen molar-refractivity contribution < 1.29 is 4.92 Å². The summed E-state index contributed by atoms with van der Waals surface area (Å²) >= 11 is 0. The van der Waals surface area contributed by atoms with Crippen LogP contribution in [-0.2, 0) is 6.54 Å². The molecule has 1 heterocycles. The molecular formula is C11H21N5O2. The van der Waals surface area contributed by atoms with Crippen LogP contribution < -0.4 is 11.1 Å². The van der Waals surface area contributed by atoms with E-state index in [0.29, 0.717) is 24.6 Å². The molecule has 0 amide bonds. The summed E-state index contributed by atoms with van der Waals surface area (Å²) < 4.78 is 1.66. The van der Waals surface area contributed by atoms with Gasteiger partial charge in [-0.15, -0.1) is 0 Å². The summed E-state index contributed by atoms with van der Waals surface area (Å²) in [6, 6.07) is 0.0235. The normalized spacial score (nSPS) is 12.4. The topological polar surface area (TPSA) is 99.0 Å². The van der Waals surface area contributed by atoms with Crippen molar-refractivity contribution in [1.82, 2.24) is 9.78 Å². The Kier molecular flexibility index (Phi) is 5.08. The first-order valence-electron chi connectivity index (χ1n) is 6.23. The Morgan fingerprint density at radius 3 is 2.67 bits per heavy atom. The van der Waals surface area contributed by atoms with Crippen LogP contribution in [0.25, 0.3) is 0 Å². The first kappa shape index (κ1) is 14.4. The average Bonchev–Trinajstić information content (AvgIpc) is 2.62. The monoisotopic (exact) mass is 255 g/mol. The Morgan fingerprint density at radius 1 is 1.56 bits per heavy atom. The van der Waals surface area contributed by atoms with Crippen LogP contribution in [-0.4, -0.2) is 27.3 Å². The summed E-state index contributed by atoms with van der Waals surface area (Å²) in [7, 11) is 0. The Morgan fingerprint density at radius 2 is 2.22 bits per heavy atom. The maximum atomic E-state index is 11.1. The number of aryl methyl sites for hydroxylation is 2. The molecule has 1 atom stereocenters. The zero-order chi connectivity index (χ0) is 13.7. The molecule has 0 aliphatic heterocycles. The minimum atomic E-state index is -0.389. The molecule has 0 bridgehead atoms. The summed E-state index contributed by atoms with van der Waals surface area (Å²) in [5.74, 6) is 0.469. The van der Waals surface area contributed by atoms with Crippen LogP contribution in [0.3, 0.4) is 0 Å². The highest BCUT2D eigenvalue weighted by molar-refractivity contribution is 5.60. The van der Waals surface area contributed by atoms with Gasteiger partial charge in [-0.3, -0.25) is 10.1 Å². The highest BCUT2D eigenvalue weighted by Gasteiger charge is 2.26. The van der Waals surface area contributed by atoms with Gasteiger partial charge < -0.3 is 11.1 Å². The van der Waals surface area contributed by atoms with Gasteiger partial charge in [-0.2, -0.15) is 5.10 Å². The van der Waals surface area contributed by atoms with Crippen molar-refractivity contribution in [3.63, 3.8) is 0 Å². The van der Waals surface area contributed by atoms with Gasteiger partial charge in [0.2, 0.25) is 5.82 Å². The maximum absolute atomic E-state index is 11.1. The predicted molar refractivity (Wildman–Crippen MR) is 70.7 cm³/mol. The Balaban J connectivity index is 3.14. The van der Waals surface area contributed by atoms with Gasteiger partial charge >= 0.3 is 5.69 Å². The molecule has 0 fully saturated rings. The van der Waals surface area contributed by atoms with Crippen LogP contribution in [0.5, 0.6) is 0 Å². The summed E-state index contributed by atoms with van der Waals surface area (Å²) in [6.45, 7) is 6.73. The van der Waals surface area contributed by atoms with Crippen molar-refractivity contribution >= 4 is 11.5 Å². The van der Waals surface area contributed by atoms with E-state index in [1.165, 1.54) is 0 Å². The molecule has 7 nitrogen and oxygen atoms in total. The van der Waals surface area contributed by atoms with Crippen molar-refractivity contribution in [2.24, 2.45) is 5.73 Å². The number of nitrogens with two attached hydrogens (primary N) is 1. The van der Waals surface area contributed by atoms with Crippen LogP contribution in [0.4, 0.5) is 11.5 Å². The van der Waals surface area contributed by atoms with E-state index in [4.69, 9.17) is 5.73 Å². The van der Waals surface area contributed by atoms with E-state index in [9.17, 15) is 10.1 Å². The third kappa shape index (κ3) is 2.98. The van der Waals surface area contributed by atoms with Crippen LogP contribution in [0.15, 0.2) is 0 Å². The number of hydrogen-bond acceptors (Lipinski definition) is 5. The summed E-state index contributed by atoms with van der Waals surface area (Å²) in [5, 5.41) is 18.5.